The van der Waals surface area contributed by atoms with Crippen LogP contribution in [0.4, 0.5) is 0 Å². The fraction of sp³-hybridized carbons (Fsp3) is 0.455. The Bertz CT molecular complexity index is 988. The molecule has 0 saturated carbocycles. The molecule has 0 radical (unpaired) electrons. The maximum Gasteiger partial charge on any atom is 0.227 e. The molecule has 0 bridgehead atoms. The van der Waals surface area contributed by atoms with E-state index in [9.17, 15) is 4.79 Å². The average molecular weight is 394 g/mol. The number of aryl methyl sites for hydroxylation is 3. The van der Waals surface area contributed by atoms with Crippen molar-refractivity contribution < 1.29 is 13.8 Å². The standard InChI is InChI=1S/C22H26N4O3/c1-14-7-4-5-9-18(14)22-23-20(29-25-22)11-17-8-6-10-26(13-17)21(27)12-19-15(2)24-28-16(19)3/h4-5,7,9,17H,6,8,10-13H2,1-3H3. The van der Waals surface area contributed by atoms with Crippen LogP contribution in [0.5, 0.6) is 0 Å². The molecule has 1 saturated heterocycles. The molecule has 3 aromatic rings. The lowest BCUT2D eigenvalue weighted by Gasteiger charge is -2.32. The van der Waals surface area contributed by atoms with Crippen molar-refractivity contribution in [3.8, 4) is 11.4 Å². The number of hydrogen-bond acceptors (Lipinski definition) is 6. The SMILES string of the molecule is Cc1ccccc1-c1noc(CC2CCCN(C(=O)Cc3c(C)noc3C)C2)n1. The van der Waals surface area contributed by atoms with Gasteiger partial charge in [0.2, 0.25) is 17.6 Å². The summed E-state index contributed by atoms with van der Waals surface area (Å²) in [5, 5.41) is 8.10. The second kappa shape index (κ2) is 8.19. The maximum absolute atomic E-state index is 12.8. The minimum atomic E-state index is 0.121. The first-order valence-electron chi connectivity index (χ1n) is 10.1. The van der Waals surface area contributed by atoms with Crippen LogP contribution in [0.1, 0.15) is 41.3 Å². The van der Waals surface area contributed by atoms with Gasteiger partial charge in [0.1, 0.15) is 5.76 Å². The van der Waals surface area contributed by atoms with Gasteiger partial charge < -0.3 is 13.9 Å². The van der Waals surface area contributed by atoms with E-state index in [-0.39, 0.29) is 5.91 Å². The van der Waals surface area contributed by atoms with Crippen molar-refractivity contribution >= 4 is 5.91 Å². The lowest BCUT2D eigenvalue weighted by Crippen LogP contribution is -2.41. The molecule has 7 nitrogen and oxygen atoms in total. The highest BCUT2D eigenvalue weighted by atomic mass is 16.5. The van der Waals surface area contributed by atoms with E-state index in [2.05, 4.69) is 15.3 Å². The van der Waals surface area contributed by atoms with Gasteiger partial charge in [0.05, 0.1) is 12.1 Å². The molecule has 1 atom stereocenters. The molecule has 1 amide bonds. The van der Waals surface area contributed by atoms with E-state index in [1.807, 2.05) is 49.9 Å². The monoisotopic (exact) mass is 394 g/mol. The van der Waals surface area contributed by atoms with Crippen molar-refractivity contribution in [2.45, 2.75) is 46.5 Å². The van der Waals surface area contributed by atoms with Gasteiger partial charge in [-0.3, -0.25) is 4.79 Å². The quantitative estimate of drug-likeness (QED) is 0.656. The summed E-state index contributed by atoms with van der Waals surface area (Å²) in [6.07, 6.45) is 3.06. The number of amides is 1. The van der Waals surface area contributed by atoms with Crippen molar-refractivity contribution in [2.24, 2.45) is 5.92 Å². The third-order valence-electron chi connectivity index (χ3n) is 5.70. The molecule has 3 heterocycles. The molecule has 0 aliphatic carbocycles. The van der Waals surface area contributed by atoms with E-state index in [4.69, 9.17) is 9.05 Å². The lowest BCUT2D eigenvalue weighted by atomic mass is 9.94. The number of aromatic nitrogens is 3. The van der Waals surface area contributed by atoms with Crippen LogP contribution in [0, 0.1) is 26.7 Å². The van der Waals surface area contributed by atoms with Gasteiger partial charge in [-0.15, -0.1) is 0 Å². The van der Waals surface area contributed by atoms with Crippen molar-refractivity contribution in [1.29, 1.82) is 0 Å². The molecular formula is C22H26N4O3. The zero-order valence-corrected chi connectivity index (χ0v) is 17.1. The molecule has 7 heteroatoms. The van der Waals surface area contributed by atoms with Crippen LogP contribution in [0.3, 0.4) is 0 Å². The number of hydrogen-bond donors (Lipinski definition) is 0. The summed E-state index contributed by atoms with van der Waals surface area (Å²) < 4.78 is 10.7. The first kappa shape index (κ1) is 19.4. The van der Waals surface area contributed by atoms with Gasteiger partial charge >= 0.3 is 0 Å². The van der Waals surface area contributed by atoms with Crippen molar-refractivity contribution in [3.05, 3.63) is 52.7 Å². The molecule has 1 unspecified atom stereocenters. The summed E-state index contributed by atoms with van der Waals surface area (Å²) in [5.41, 5.74) is 3.80. The van der Waals surface area contributed by atoms with Gasteiger partial charge in [0, 0.05) is 30.6 Å². The first-order chi connectivity index (χ1) is 14.0. The van der Waals surface area contributed by atoms with Crippen molar-refractivity contribution in [2.75, 3.05) is 13.1 Å². The van der Waals surface area contributed by atoms with E-state index in [1.165, 1.54) is 0 Å². The van der Waals surface area contributed by atoms with Crippen LogP contribution in [0.15, 0.2) is 33.3 Å². The number of likely N-dealkylation sites (tertiary alicyclic amines) is 1. The van der Waals surface area contributed by atoms with Crippen LogP contribution < -0.4 is 0 Å². The zero-order chi connectivity index (χ0) is 20.4. The van der Waals surface area contributed by atoms with Crippen LogP contribution >= 0.6 is 0 Å². The second-order valence-corrected chi connectivity index (χ2v) is 7.86. The minimum Gasteiger partial charge on any atom is -0.361 e. The van der Waals surface area contributed by atoms with E-state index in [0.29, 0.717) is 37.0 Å². The largest absolute Gasteiger partial charge is 0.361 e. The summed E-state index contributed by atoms with van der Waals surface area (Å²) in [7, 11) is 0. The zero-order valence-electron chi connectivity index (χ0n) is 17.1. The van der Waals surface area contributed by atoms with Gasteiger partial charge in [0.15, 0.2) is 0 Å². The van der Waals surface area contributed by atoms with Gasteiger partial charge in [-0.2, -0.15) is 4.98 Å². The van der Waals surface area contributed by atoms with Gasteiger partial charge in [-0.05, 0) is 45.1 Å². The number of carbonyl (C=O) groups is 1. The maximum atomic E-state index is 12.8. The lowest BCUT2D eigenvalue weighted by molar-refractivity contribution is -0.132. The molecule has 4 rings (SSSR count). The third-order valence-corrected chi connectivity index (χ3v) is 5.70. The highest BCUT2D eigenvalue weighted by molar-refractivity contribution is 5.79. The molecule has 1 aliphatic heterocycles. The average Bonchev–Trinajstić information content (AvgIpc) is 3.30. The Hall–Kier alpha value is -2.96. The number of rotatable bonds is 5. The highest BCUT2D eigenvalue weighted by Crippen LogP contribution is 2.24. The number of nitrogens with zero attached hydrogens (tertiary/aromatic N) is 4. The highest BCUT2D eigenvalue weighted by Gasteiger charge is 2.27. The van der Waals surface area contributed by atoms with Gasteiger partial charge in [0.25, 0.3) is 0 Å². The Morgan fingerprint density at radius 2 is 2.00 bits per heavy atom. The third kappa shape index (κ3) is 4.23. The number of carbonyl (C=O) groups excluding carboxylic acids is 1. The molecule has 1 aliphatic rings. The molecule has 1 fully saturated rings. The molecule has 152 valence electrons. The molecule has 0 N–H and O–H groups in total. The van der Waals surface area contributed by atoms with Gasteiger partial charge in [-0.1, -0.05) is 34.6 Å². The Labute approximate surface area is 170 Å². The van der Waals surface area contributed by atoms with E-state index < -0.39 is 0 Å². The summed E-state index contributed by atoms with van der Waals surface area (Å²) in [6, 6.07) is 8.01. The van der Waals surface area contributed by atoms with Crippen LogP contribution in [-0.2, 0) is 17.6 Å². The number of benzene rings is 1. The van der Waals surface area contributed by atoms with Crippen molar-refractivity contribution in [1.82, 2.24) is 20.2 Å². The fourth-order valence-corrected chi connectivity index (χ4v) is 3.99. The van der Waals surface area contributed by atoms with Crippen LogP contribution in [-0.4, -0.2) is 39.2 Å². The Balaban J connectivity index is 1.39. The molecular weight excluding hydrogens is 368 g/mol. The smallest absolute Gasteiger partial charge is 0.227 e. The Kier molecular flexibility index (Phi) is 5.47. The first-order valence-corrected chi connectivity index (χ1v) is 10.1. The molecule has 1 aromatic carbocycles. The Morgan fingerprint density at radius 3 is 2.76 bits per heavy atom. The molecule has 2 aromatic heterocycles. The molecule has 29 heavy (non-hydrogen) atoms. The van der Waals surface area contributed by atoms with Gasteiger partial charge in [-0.25, -0.2) is 0 Å². The summed E-state index contributed by atoms with van der Waals surface area (Å²) in [5.74, 6) is 2.42. The van der Waals surface area contributed by atoms with Crippen LogP contribution in [0.25, 0.3) is 11.4 Å². The van der Waals surface area contributed by atoms with E-state index >= 15 is 0 Å². The van der Waals surface area contributed by atoms with E-state index in [0.717, 1.165) is 47.5 Å². The summed E-state index contributed by atoms with van der Waals surface area (Å²) >= 11 is 0. The normalized spacial score (nSPS) is 16.9. The summed E-state index contributed by atoms with van der Waals surface area (Å²) in [6.45, 7) is 7.26. The minimum absolute atomic E-state index is 0.121. The fourth-order valence-electron chi connectivity index (χ4n) is 3.99. The van der Waals surface area contributed by atoms with Crippen LogP contribution in [0.2, 0.25) is 0 Å². The second-order valence-electron chi connectivity index (χ2n) is 7.86. The molecule has 0 spiro atoms. The predicted molar refractivity (Wildman–Crippen MR) is 107 cm³/mol. The van der Waals surface area contributed by atoms with Crippen molar-refractivity contribution in [3.63, 3.8) is 0 Å². The summed E-state index contributed by atoms with van der Waals surface area (Å²) in [4.78, 5) is 19.3. The number of piperidine rings is 1. The van der Waals surface area contributed by atoms with E-state index in [1.54, 1.807) is 0 Å². The Morgan fingerprint density at radius 1 is 1.17 bits per heavy atom. The predicted octanol–water partition coefficient (Wildman–Crippen LogP) is 3.67. The topological polar surface area (TPSA) is 85.3 Å².